The lowest BCUT2D eigenvalue weighted by Crippen LogP contribution is -2.13. The number of thioether (sulfide) groups is 2. The SMILES string of the molecule is ONC=NC1OCSCS1. The van der Waals surface area contributed by atoms with Crippen molar-refractivity contribution >= 4 is 29.9 Å². The molecule has 4 nitrogen and oxygen atoms in total. The lowest BCUT2D eigenvalue weighted by atomic mass is 11.1. The van der Waals surface area contributed by atoms with Crippen molar-refractivity contribution in [3.05, 3.63) is 0 Å². The van der Waals surface area contributed by atoms with E-state index in [2.05, 4.69) is 4.99 Å². The summed E-state index contributed by atoms with van der Waals surface area (Å²) >= 11 is 3.31. The number of hydroxylamine groups is 1. The van der Waals surface area contributed by atoms with Crippen molar-refractivity contribution in [2.75, 3.05) is 11.0 Å². The fourth-order valence-electron chi connectivity index (χ4n) is 0.475. The highest BCUT2D eigenvalue weighted by atomic mass is 32.2. The summed E-state index contributed by atoms with van der Waals surface area (Å²) in [6.45, 7) is 0. The van der Waals surface area contributed by atoms with Crippen LogP contribution in [0.25, 0.3) is 0 Å². The zero-order valence-corrected chi connectivity index (χ0v) is 6.82. The highest BCUT2D eigenvalue weighted by Crippen LogP contribution is 2.25. The number of hydrogen-bond acceptors (Lipinski definition) is 5. The summed E-state index contributed by atoms with van der Waals surface area (Å²) < 4.78 is 5.16. The van der Waals surface area contributed by atoms with Gasteiger partial charge in [-0.15, -0.1) is 11.8 Å². The van der Waals surface area contributed by atoms with Crippen LogP contribution in [-0.2, 0) is 4.74 Å². The zero-order chi connectivity index (χ0) is 7.23. The van der Waals surface area contributed by atoms with Crippen molar-refractivity contribution in [2.24, 2.45) is 4.99 Å². The molecule has 1 unspecified atom stereocenters. The summed E-state index contributed by atoms with van der Waals surface area (Å²) in [7, 11) is 0. The fourth-order valence-corrected chi connectivity index (χ4v) is 2.22. The van der Waals surface area contributed by atoms with Crippen LogP contribution >= 0.6 is 23.5 Å². The Labute approximate surface area is 67.4 Å². The summed E-state index contributed by atoms with van der Waals surface area (Å²) in [6.07, 6.45) is 1.22. The molecule has 0 aromatic rings. The van der Waals surface area contributed by atoms with Crippen LogP contribution in [0.3, 0.4) is 0 Å². The lowest BCUT2D eigenvalue weighted by molar-refractivity contribution is 0.161. The van der Waals surface area contributed by atoms with Crippen LogP contribution in [0.1, 0.15) is 0 Å². The maximum Gasteiger partial charge on any atom is 0.199 e. The maximum atomic E-state index is 8.13. The predicted molar refractivity (Wildman–Crippen MR) is 43.2 cm³/mol. The molecule has 0 aliphatic carbocycles. The molecular formula is C4H8N2O2S2. The molecule has 1 rings (SSSR count). The van der Waals surface area contributed by atoms with Crippen LogP contribution in [0.5, 0.6) is 0 Å². The van der Waals surface area contributed by atoms with Crippen LogP contribution in [0.15, 0.2) is 4.99 Å². The first kappa shape index (κ1) is 8.19. The van der Waals surface area contributed by atoms with Crippen molar-refractivity contribution in [2.45, 2.75) is 5.56 Å². The topological polar surface area (TPSA) is 53.8 Å². The van der Waals surface area contributed by atoms with Gasteiger partial charge in [0, 0.05) is 5.08 Å². The van der Waals surface area contributed by atoms with E-state index in [0.29, 0.717) is 5.94 Å². The molecule has 1 saturated heterocycles. The van der Waals surface area contributed by atoms with E-state index in [1.54, 1.807) is 23.5 Å². The first-order valence-electron chi connectivity index (χ1n) is 2.65. The third-order valence-electron chi connectivity index (χ3n) is 0.842. The third-order valence-corrected chi connectivity index (χ3v) is 2.90. The van der Waals surface area contributed by atoms with Gasteiger partial charge < -0.3 is 4.74 Å². The first-order valence-corrected chi connectivity index (χ1v) is 4.86. The van der Waals surface area contributed by atoms with Gasteiger partial charge in [-0.3, -0.25) is 10.7 Å². The zero-order valence-electron chi connectivity index (χ0n) is 5.19. The Balaban J connectivity index is 2.19. The van der Waals surface area contributed by atoms with Crippen molar-refractivity contribution in [1.82, 2.24) is 5.48 Å². The summed E-state index contributed by atoms with van der Waals surface area (Å²) in [5, 5.41) is 9.12. The monoisotopic (exact) mass is 180 g/mol. The minimum absolute atomic E-state index is 0.152. The van der Waals surface area contributed by atoms with Gasteiger partial charge in [-0.05, 0) is 0 Å². The van der Waals surface area contributed by atoms with Gasteiger partial charge in [0.25, 0.3) is 0 Å². The van der Waals surface area contributed by atoms with E-state index in [-0.39, 0.29) is 5.56 Å². The normalized spacial score (nSPS) is 27.1. The van der Waals surface area contributed by atoms with Gasteiger partial charge in [0.2, 0.25) is 0 Å². The predicted octanol–water partition coefficient (Wildman–Crippen LogP) is 0.689. The molecule has 58 valence electrons. The van der Waals surface area contributed by atoms with Gasteiger partial charge in [0.05, 0.1) is 5.94 Å². The van der Waals surface area contributed by atoms with Gasteiger partial charge in [-0.1, -0.05) is 11.8 Å². The Morgan fingerprint density at radius 1 is 1.80 bits per heavy atom. The lowest BCUT2D eigenvalue weighted by Gasteiger charge is -2.16. The average Bonchev–Trinajstić information content (AvgIpc) is 2.03. The van der Waals surface area contributed by atoms with Crippen molar-refractivity contribution in [1.29, 1.82) is 0 Å². The molecule has 6 heteroatoms. The minimum Gasteiger partial charge on any atom is -0.336 e. The summed E-state index contributed by atoms with van der Waals surface area (Å²) in [5.74, 6) is 0.681. The third kappa shape index (κ3) is 2.78. The van der Waals surface area contributed by atoms with E-state index in [4.69, 9.17) is 9.94 Å². The molecule has 0 radical (unpaired) electrons. The first-order chi connectivity index (χ1) is 4.93. The molecule has 10 heavy (non-hydrogen) atoms. The quantitative estimate of drug-likeness (QED) is 0.372. The molecule has 0 bridgehead atoms. The van der Waals surface area contributed by atoms with Gasteiger partial charge in [0.1, 0.15) is 6.34 Å². The maximum absolute atomic E-state index is 8.13. The standard InChI is InChI=1S/C4H8N2O2S2/c7-6-1-5-4-8-2-9-3-10-4/h1,4,7H,2-3H2,(H,5,6). The van der Waals surface area contributed by atoms with Gasteiger partial charge in [0.15, 0.2) is 5.56 Å². The molecule has 2 N–H and O–H groups in total. The summed E-state index contributed by atoms with van der Waals surface area (Å²) in [4.78, 5) is 3.84. The number of nitrogens with zero attached hydrogens (tertiary/aromatic N) is 1. The molecule has 1 fully saturated rings. The summed E-state index contributed by atoms with van der Waals surface area (Å²) in [5.41, 5.74) is 1.67. The number of aliphatic imine (C=N–C) groups is 1. The van der Waals surface area contributed by atoms with Gasteiger partial charge in [-0.25, -0.2) is 4.99 Å². The van der Waals surface area contributed by atoms with Crippen LogP contribution in [0.2, 0.25) is 0 Å². The van der Waals surface area contributed by atoms with Crippen LogP contribution < -0.4 is 5.48 Å². The number of ether oxygens (including phenoxy) is 1. The Morgan fingerprint density at radius 3 is 3.30 bits per heavy atom. The molecule has 0 saturated carbocycles. The Kier molecular flexibility index (Phi) is 3.96. The van der Waals surface area contributed by atoms with E-state index in [9.17, 15) is 0 Å². The molecule has 1 heterocycles. The molecule has 1 aliphatic rings. The molecular weight excluding hydrogens is 172 g/mol. The minimum atomic E-state index is -0.152. The van der Waals surface area contributed by atoms with Crippen LogP contribution in [0.4, 0.5) is 0 Å². The highest BCUT2D eigenvalue weighted by Gasteiger charge is 2.11. The Hall–Kier alpha value is 0.0900. The molecule has 0 aromatic carbocycles. The Bertz CT molecular complexity index is 116. The van der Waals surface area contributed by atoms with Crippen molar-refractivity contribution < 1.29 is 9.94 Å². The van der Waals surface area contributed by atoms with Gasteiger partial charge in [-0.2, -0.15) is 0 Å². The smallest absolute Gasteiger partial charge is 0.199 e. The van der Waals surface area contributed by atoms with Gasteiger partial charge >= 0.3 is 0 Å². The summed E-state index contributed by atoms with van der Waals surface area (Å²) in [6, 6.07) is 0. The van der Waals surface area contributed by atoms with Crippen molar-refractivity contribution in [3.63, 3.8) is 0 Å². The Morgan fingerprint density at radius 2 is 2.70 bits per heavy atom. The second kappa shape index (κ2) is 4.84. The molecule has 1 aliphatic heterocycles. The van der Waals surface area contributed by atoms with Crippen LogP contribution in [0, 0.1) is 0 Å². The van der Waals surface area contributed by atoms with E-state index < -0.39 is 0 Å². The number of rotatable bonds is 2. The number of hydrogen-bond donors (Lipinski definition) is 2. The van der Waals surface area contributed by atoms with Crippen LogP contribution in [-0.4, -0.2) is 28.1 Å². The molecule has 0 spiro atoms. The second-order valence-corrected chi connectivity index (χ2v) is 3.81. The van der Waals surface area contributed by atoms with E-state index in [1.807, 2.05) is 5.48 Å². The van der Waals surface area contributed by atoms with E-state index in [0.717, 1.165) is 5.08 Å². The largest absolute Gasteiger partial charge is 0.336 e. The van der Waals surface area contributed by atoms with E-state index in [1.165, 1.54) is 6.34 Å². The second-order valence-electron chi connectivity index (χ2n) is 1.49. The molecule has 0 amide bonds. The van der Waals surface area contributed by atoms with Crippen molar-refractivity contribution in [3.8, 4) is 0 Å². The molecule has 1 atom stereocenters. The number of nitrogens with one attached hydrogen (secondary N) is 1. The van der Waals surface area contributed by atoms with E-state index >= 15 is 0 Å². The average molecular weight is 180 g/mol. The highest BCUT2D eigenvalue weighted by molar-refractivity contribution is 8.16. The molecule has 0 aromatic heterocycles. The fraction of sp³-hybridized carbons (Fsp3) is 0.750.